The van der Waals surface area contributed by atoms with Crippen LogP contribution in [0, 0.1) is 0 Å². The molecule has 4 heteroatoms. The third-order valence-electron chi connectivity index (χ3n) is 2.57. The topological polar surface area (TPSA) is 37.3 Å². The van der Waals surface area contributed by atoms with E-state index in [9.17, 15) is 4.79 Å². The molecule has 17 heavy (non-hydrogen) atoms. The third kappa shape index (κ3) is 16.2. The minimum Gasteiger partial charge on any atom is -0.481 e. The lowest BCUT2D eigenvalue weighted by atomic mass is 10.1. The van der Waals surface area contributed by atoms with Crippen molar-refractivity contribution in [1.82, 2.24) is 0 Å². The van der Waals surface area contributed by atoms with Crippen molar-refractivity contribution < 1.29 is 9.90 Å². The van der Waals surface area contributed by atoms with Gasteiger partial charge in [0.25, 0.3) is 0 Å². The van der Waals surface area contributed by atoms with Gasteiger partial charge in [0, 0.05) is 17.9 Å². The summed E-state index contributed by atoms with van der Waals surface area (Å²) in [6.07, 6.45) is 10.1. The molecule has 0 aliphatic rings. The summed E-state index contributed by atoms with van der Waals surface area (Å²) in [5, 5.41) is 8.47. The highest BCUT2D eigenvalue weighted by atomic mass is 33.1. The quantitative estimate of drug-likeness (QED) is 0.381. The van der Waals surface area contributed by atoms with Gasteiger partial charge in [0.1, 0.15) is 0 Å². The molecule has 0 amide bonds. The van der Waals surface area contributed by atoms with Gasteiger partial charge in [-0.05, 0) is 12.8 Å². The Morgan fingerprint density at radius 3 is 1.94 bits per heavy atom. The molecule has 0 radical (unpaired) electrons. The average molecular weight is 278 g/mol. The first-order valence-corrected chi connectivity index (χ1v) is 9.22. The van der Waals surface area contributed by atoms with Crippen LogP contribution in [0.25, 0.3) is 0 Å². The lowest BCUT2D eigenvalue weighted by Crippen LogP contribution is -1.93. The lowest BCUT2D eigenvalue weighted by molar-refractivity contribution is -0.137. The second kappa shape index (κ2) is 14.2. The molecule has 0 aromatic rings. The fraction of sp³-hybridized carbons (Fsp3) is 0.923. The van der Waals surface area contributed by atoms with Gasteiger partial charge < -0.3 is 5.11 Å². The number of aliphatic carboxylic acids is 1. The van der Waals surface area contributed by atoms with E-state index in [1.165, 1.54) is 50.0 Å². The minimum absolute atomic E-state index is 0.340. The molecule has 0 unspecified atom stereocenters. The average Bonchev–Trinajstić information content (AvgIpc) is 2.30. The summed E-state index contributed by atoms with van der Waals surface area (Å²) >= 11 is 0. The van der Waals surface area contributed by atoms with Crippen molar-refractivity contribution in [3.8, 4) is 0 Å². The smallest absolute Gasteiger partial charge is 0.303 e. The van der Waals surface area contributed by atoms with E-state index in [0.717, 1.165) is 12.8 Å². The van der Waals surface area contributed by atoms with E-state index in [-0.39, 0.29) is 0 Å². The summed E-state index contributed by atoms with van der Waals surface area (Å²) in [6.45, 7) is 2.20. The number of carboxylic acid groups (broad SMARTS) is 1. The first-order chi connectivity index (χ1) is 8.27. The van der Waals surface area contributed by atoms with Gasteiger partial charge in [-0.25, -0.2) is 0 Å². The van der Waals surface area contributed by atoms with Crippen LogP contribution in [0.5, 0.6) is 0 Å². The zero-order valence-electron chi connectivity index (χ0n) is 11.0. The molecule has 0 atom stereocenters. The molecule has 0 bridgehead atoms. The maximum Gasteiger partial charge on any atom is 0.303 e. The van der Waals surface area contributed by atoms with Crippen LogP contribution in [0.3, 0.4) is 0 Å². The van der Waals surface area contributed by atoms with E-state index >= 15 is 0 Å². The number of carboxylic acids is 1. The highest BCUT2D eigenvalue weighted by molar-refractivity contribution is 8.76. The molecule has 0 aliphatic carbocycles. The van der Waals surface area contributed by atoms with Gasteiger partial charge in [-0.15, -0.1) is 0 Å². The van der Waals surface area contributed by atoms with Crippen molar-refractivity contribution in [2.45, 2.75) is 64.7 Å². The molecule has 102 valence electrons. The Labute approximate surface area is 114 Å². The monoisotopic (exact) mass is 278 g/mol. The number of carbonyl (C=O) groups is 1. The van der Waals surface area contributed by atoms with Crippen molar-refractivity contribution in [1.29, 1.82) is 0 Å². The van der Waals surface area contributed by atoms with Gasteiger partial charge in [-0.1, -0.05) is 67.0 Å². The van der Waals surface area contributed by atoms with Crippen LogP contribution in [0.4, 0.5) is 0 Å². The molecule has 0 saturated heterocycles. The molecule has 0 aromatic carbocycles. The zero-order chi connectivity index (χ0) is 12.8. The molecular formula is C13H26O2S2. The summed E-state index contributed by atoms with van der Waals surface area (Å²) in [4.78, 5) is 10.3. The summed E-state index contributed by atoms with van der Waals surface area (Å²) in [5.74, 6) is 1.84. The maximum absolute atomic E-state index is 10.3. The molecule has 0 saturated carbocycles. The van der Waals surface area contributed by atoms with E-state index in [0.29, 0.717) is 6.42 Å². The Morgan fingerprint density at radius 2 is 1.41 bits per heavy atom. The van der Waals surface area contributed by atoms with E-state index in [1.54, 1.807) is 0 Å². The minimum atomic E-state index is -0.660. The van der Waals surface area contributed by atoms with Crippen LogP contribution in [0.15, 0.2) is 0 Å². The highest BCUT2D eigenvalue weighted by Crippen LogP contribution is 2.22. The number of hydrogen-bond acceptors (Lipinski definition) is 3. The largest absolute Gasteiger partial charge is 0.481 e. The maximum atomic E-state index is 10.3. The molecule has 0 spiro atoms. The Balaban J connectivity index is 2.91. The van der Waals surface area contributed by atoms with Crippen LogP contribution in [0.1, 0.15) is 64.7 Å². The van der Waals surface area contributed by atoms with E-state index in [2.05, 4.69) is 6.92 Å². The van der Waals surface area contributed by atoms with Gasteiger partial charge >= 0.3 is 5.97 Å². The van der Waals surface area contributed by atoms with Crippen LogP contribution < -0.4 is 0 Å². The first-order valence-electron chi connectivity index (χ1n) is 6.73. The van der Waals surface area contributed by atoms with Gasteiger partial charge in [-0.2, -0.15) is 0 Å². The first kappa shape index (κ1) is 17.2. The van der Waals surface area contributed by atoms with Crippen molar-refractivity contribution in [3.05, 3.63) is 0 Å². The molecule has 2 nitrogen and oxygen atoms in total. The predicted octanol–water partition coefficient (Wildman–Crippen LogP) is 4.98. The number of rotatable bonds is 13. The van der Waals surface area contributed by atoms with Gasteiger partial charge in [0.05, 0.1) is 0 Å². The van der Waals surface area contributed by atoms with Crippen molar-refractivity contribution in [3.63, 3.8) is 0 Å². The van der Waals surface area contributed by atoms with Gasteiger partial charge in [0.15, 0.2) is 0 Å². The second-order valence-corrected chi connectivity index (χ2v) is 7.07. The summed E-state index contributed by atoms with van der Waals surface area (Å²) in [7, 11) is 3.95. The lowest BCUT2D eigenvalue weighted by Gasteiger charge is -2.01. The SMILES string of the molecule is CCSSCCCCCCCCCCC(=O)O. The van der Waals surface area contributed by atoms with Crippen LogP contribution in [0.2, 0.25) is 0 Å². The van der Waals surface area contributed by atoms with E-state index in [4.69, 9.17) is 5.11 Å². The fourth-order valence-electron chi connectivity index (χ4n) is 1.64. The number of hydrogen-bond donors (Lipinski definition) is 1. The molecular weight excluding hydrogens is 252 g/mol. The van der Waals surface area contributed by atoms with Crippen LogP contribution in [-0.4, -0.2) is 22.6 Å². The van der Waals surface area contributed by atoms with E-state index in [1.807, 2.05) is 21.6 Å². The standard InChI is InChI=1S/C13H26O2S2/c1-2-16-17-12-10-8-6-4-3-5-7-9-11-13(14)15/h2-12H2,1H3,(H,14,15). The summed E-state index contributed by atoms with van der Waals surface area (Å²) in [5.41, 5.74) is 0. The Kier molecular flexibility index (Phi) is 14.4. The van der Waals surface area contributed by atoms with Crippen molar-refractivity contribution >= 4 is 27.6 Å². The Morgan fingerprint density at radius 1 is 0.882 bits per heavy atom. The van der Waals surface area contributed by atoms with Crippen LogP contribution in [-0.2, 0) is 4.79 Å². The molecule has 1 N–H and O–H groups in total. The molecule has 0 heterocycles. The molecule has 0 aromatic heterocycles. The fourth-order valence-corrected chi connectivity index (χ4v) is 3.45. The van der Waals surface area contributed by atoms with Crippen molar-refractivity contribution in [2.24, 2.45) is 0 Å². The number of unbranched alkanes of at least 4 members (excludes halogenated alkanes) is 7. The third-order valence-corrected chi connectivity index (χ3v) is 5.13. The van der Waals surface area contributed by atoms with Crippen molar-refractivity contribution in [2.75, 3.05) is 11.5 Å². The Bertz CT molecular complexity index is 175. The zero-order valence-corrected chi connectivity index (χ0v) is 12.6. The predicted molar refractivity (Wildman–Crippen MR) is 79.8 cm³/mol. The second-order valence-electron chi connectivity index (χ2n) is 4.20. The van der Waals surface area contributed by atoms with E-state index < -0.39 is 5.97 Å². The Hall–Kier alpha value is 0.170. The normalized spacial score (nSPS) is 10.6. The highest BCUT2D eigenvalue weighted by Gasteiger charge is 1.96. The van der Waals surface area contributed by atoms with Gasteiger partial charge in [0.2, 0.25) is 0 Å². The molecule has 0 aliphatic heterocycles. The van der Waals surface area contributed by atoms with Gasteiger partial charge in [-0.3, -0.25) is 4.79 Å². The summed E-state index contributed by atoms with van der Waals surface area (Å²) < 4.78 is 0. The molecule has 0 fully saturated rings. The van der Waals surface area contributed by atoms with Crippen LogP contribution >= 0.6 is 21.6 Å². The molecule has 0 rings (SSSR count). The summed E-state index contributed by atoms with van der Waals surface area (Å²) in [6, 6.07) is 0.